The maximum absolute atomic E-state index is 13.4. The predicted molar refractivity (Wildman–Crippen MR) is 124 cm³/mol. The molecule has 0 aliphatic carbocycles. The summed E-state index contributed by atoms with van der Waals surface area (Å²) in [5.41, 5.74) is 0.619. The summed E-state index contributed by atoms with van der Waals surface area (Å²) in [5, 5.41) is 1.48. The van der Waals surface area contributed by atoms with Crippen LogP contribution in [0.3, 0.4) is 0 Å². The minimum atomic E-state index is -0.0648. The highest BCUT2D eigenvalue weighted by molar-refractivity contribution is 7.99. The third-order valence-electron chi connectivity index (χ3n) is 6.06. The van der Waals surface area contributed by atoms with Crippen molar-refractivity contribution in [1.82, 2.24) is 19.4 Å². The number of rotatable bonds is 5. The first-order chi connectivity index (χ1) is 15.1. The number of amides is 1. The highest BCUT2D eigenvalue weighted by Crippen LogP contribution is 2.31. The van der Waals surface area contributed by atoms with Crippen LogP contribution >= 0.6 is 23.1 Å². The molecule has 2 aliphatic rings. The van der Waals surface area contributed by atoms with Gasteiger partial charge in [-0.2, -0.15) is 0 Å². The topological polar surface area (TPSA) is 77.3 Å². The van der Waals surface area contributed by atoms with Crippen molar-refractivity contribution in [1.29, 1.82) is 0 Å². The predicted octanol–water partition coefficient (Wildman–Crippen LogP) is 3.54. The average molecular weight is 459 g/mol. The van der Waals surface area contributed by atoms with Gasteiger partial charge in [-0.25, -0.2) is 9.97 Å². The van der Waals surface area contributed by atoms with E-state index in [9.17, 15) is 9.59 Å². The van der Waals surface area contributed by atoms with Crippen molar-refractivity contribution in [2.24, 2.45) is 5.92 Å². The Balaban J connectivity index is 1.48. The van der Waals surface area contributed by atoms with Gasteiger partial charge >= 0.3 is 0 Å². The summed E-state index contributed by atoms with van der Waals surface area (Å²) in [6.45, 7) is 5.03. The number of hydrogen-bond acceptors (Lipinski definition) is 7. The van der Waals surface area contributed by atoms with Gasteiger partial charge in [0, 0.05) is 31.3 Å². The van der Waals surface area contributed by atoms with Crippen LogP contribution in [0.25, 0.3) is 20.4 Å². The van der Waals surface area contributed by atoms with Crippen LogP contribution in [0, 0.1) is 5.92 Å². The molecule has 0 unspecified atom stereocenters. The number of carbonyl (C=O) groups excluding carboxylic acids is 1. The van der Waals surface area contributed by atoms with Gasteiger partial charge < -0.3 is 9.64 Å². The average Bonchev–Trinajstić information content (AvgIpc) is 3.42. The second kappa shape index (κ2) is 8.88. The van der Waals surface area contributed by atoms with Crippen LogP contribution in [0.4, 0.5) is 0 Å². The first-order valence-corrected chi connectivity index (χ1v) is 12.7. The molecule has 2 aliphatic heterocycles. The summed E-state index contributed by atoms with van der Waals surface area (Å²) in [6, 6.07) is 3.81. The van der Waals surface area contributed by atoms with Crippen LogP contribution in [0.1, 0.15) is 32.6 Å². The molecule has 0 aromatic carbocycles. The van der Waals surface area contributed by atoms with Crippen molar-refractivity contribution in [2.75, 3.05) is 25.4 Å². The number of hydrogen-bond donors (Lipinski definition) is 0. The standard InChI is InChI=1S/C22H26N4O3S2/c1-14-5-3-9-25(11-14)17(27)13-30-22-24-18-16-7-2-8-23-20(16)31-19(18)21(28)26(22)12-15-6-4-10-29-15/h2,7-8,14-15H,3-6,9-13H2,1H3/t14-,15+/m1/s1. The van der Waals surface area contributed by atoms with Crippen LogP contribution in [0.15, 0.2) is 28.3 Å². The number of aromatic nitrogens is 3. The van der Waals surface area contributed by atoms with Gasteiger partial charge in [0.2, 0.25) is 5.91 Å². The molecule has 3 aromatic rings. The van der Waals surface area contributed by atoms with E-state index in [1.54, 1.807) is 10.8 Å². The first-order valence-electron chi connectivity index (χ1n) is 10.9. The Kier molecular flexibility index (Phi) is 5.99. The van der Waals surface area contributed by atoms with Crippen molar-refractivity contribution in [3.05, 3.63) is 28.7 Å². The molecule has 31 heavy (non-hydrogen) atoms. The molecule has 2 fully saturated rings. The number of piperidine rings is 1. The Morgan fingerprint density at radius 3 is 3.06 bits per heavy atom. The number of carbonyl (C=O) groups is 1. The van der Waals surface area contributed by atoms with Gasteiger partial charge in [0.25, 0.3) is 5.56 Å². The number of thioether (sulfide) groups is 1. The number of pyridine rings is 1. The van der Waals surface area contributed by atoms with Crippen LogP contribution < -0.4 is 5.56 Å². The molecule has 7 nitrogen and oxygen atoms in total. The molecule has 2 saturated heterocycles. The van der Waals surface area contributed by atoms with Crippen LogP contribution in [-0.4, -0.2) is 56.9 Å². The van der Waals surface area contributed by atoms with Crippen molar-refractivity contribution >= 4 is 49.4 Å². The molecule has 5 heterocycles. The van der Waals surface area contributed by atoms with Crippen molar-refractivity contribution < 1.29 is 9.53 Å². The van der Waals surface area contributed by atoms with E-state index in [1.165, 1.54) is 29.5 Å². The summed E-state index contributed by atoms with van der Waals surface area (Å²) >= 11 is 2.75. The minimum Gasteiger partial charge on any atom is -0.376 e. The van der Waals surface area contributed by atoms with Gasteiger partial charge in [0.1, 0.15) is 9.53 Å². The quantitative estimate of drug-likeness (QED) is 0.430. The zero-order valence-corrected chi connectivity index (χ0v) is 19.2. The fraction of sp³-hybridized carbons (Fsp3) is 0.545. The lowest BCUT2D eigenvalue weighted by atomic mass is 10.0. The lowest BCUT2D eigenvalue weighted by molar-refractivity contribution is -0.130. The van der Waals surface area contributed by atoms with Gasteiger partial charge in [0.05, 0.1) is 23.9 Å². The Bertz CT molecular complexity index is 1170. The highest BCUT2D eigenvalue weighted by atomic mass is 32.2. The Morgan fingerprint density at radius 1 is 1.35 bits per heavy atom. The molecule has 5 rings (SSSR count). The molecule has 164 valence electrons. The third-order valence-corrected chi connectivity index (χ3v) is 8.11. The van der Waals surface area contributed by atoms with E-state index in [0.717, 1.165) is 49.2 Å². The molecule has 0 saturated carbocycles. The molecule has 2 atom stereocenters. The number of fused-ring (bicyclic) bond motifs is 3. The summed E-state index contributed by atoms with van der Waals surface area (Å²) in [7, 11) is 0. The van der Waals surface area contributed by atoms with E-state index in [1.807, 2.05) is 17.0 Å². The normalized spacial score (nSPS) is 21.9. The SMILES string of the molecule is C[C@@H]1CCCN(C(=O)CSc2nc3c(sc4ncccc43)c(=O)n2C[C@@H]2CCCO2)C1. The van der Waals surface area contributed by atoms with Gasteiger partial charge in [0.15, 0.2) is 5.16 Å². The number of nitrogens with zero attached hydrogens (tertiary/aromatic N) is 4. The van der Waals surface area contributed by atoms with Crippen LogP contribution in [-0.2, 0) is 16.1 Å². The number of ether oxygens (including phenoxy) is 1. The molecule has 9 heteroatoms. The second-order valence-electron chi connectivity index (χ2n) is 8.46. The van der Waals surface area contributed by atoms with Crippen LogP contribution in [0.5, 0.6) is 0 Å². The largest absolute Gasteiger partial charge is 0.376 e. The fourth-order valence-electron chi connectivity index (χ4n) is 4.44. The maximum Gasteiger partial charge on any atom is 0.272 e. The minimum absolute atomic E-state index is 0.0162. The van der Waals surface area contributed by atoms with Crippen molar-refractivity contribution in [2.45, 2.75) is 50.4 Å². The fourth-order valence-corrected chi connectivity index (χ4v) is 6.37. The summed E-state index contributed by atoms with van der Waals surface area (Å²) in [6.07, 6.45) is 5.93. The summed E-state index contributed by atoms with van der Waals surface area (Å²) in [5.74, 6) is 0.946. The molecular formula is C22H26N4O3S2. The molecule has 0 N–H and O–H groups in total. The summed E-state index contributed by atoms with van der Waals surface area (Å²) in [4.78, 5) is 38.3. The van der Waals surface area contributed by atoms with E-state index >= 15 is 0 Å². The van der Waals surface area contributed by atoms with Crippen molar-refractivity contribution in [3.63, 3.8) is 0 Å². The van der Waals surface area contributed by atoms with Crippen LogP contribution in [0.2, 0.25) is 0 Å². The number of likely N-dealkylation sites (tertiary alicyclic amines) is 1. The van der Waals surface area contributed by atoms with E-state index in [-0.39, 0.29) is 23.3 Å². The second-order valence-corrected chi connectivity index (χ2v) is 10.4. The van der Waals surface area contributed by atoms with Gasteiger partial charge in [-0.1, -0.05) is 18.7 Å². The Hall–Kier alpha value is -1.97. The molecule has 3 aromatic heterocycles. The first kappa shape index (κ1) is 20.9. The van der Waals surface area contributed by atoms with Crippen molar-refractivity contribution in [3.8, 4) is 0 Å². The van der Waals surface area contributed by atoms with Gasteiger partial charge in [-0.3, -0.25) is 14.2 Å². The van der Waals surface area contributed by atoms with E-state index in [0.29, 0.717) is 27.8 Å². The zero-order valence-electron chi connectivity index (χ0n) is 17.6. The molecule has 0 spiro atoms. The smallest absolute Gasteiger partial charge is 0.272 e. The van der Waals surface area contributed by atoms with Gasteiger partial charge in [-0.05, 0) is 43.7 Å². The van der Waals surface area contributed by atoms with E-state index in [4.69, 9.17) is 9.72 Å². The lowest BCUT2D eigenvalue weighted by Crippen LogP contribution is -2.40. The van der Waals surface area contributed by atoms with E-state index in [2.05, 4.69) is 11.9 Å². The Morgan fingerprint density at radius 2 is 2.26 bits per heavy atom. The monoisotopic (exact) mass is 458 g/mol. The molecular weight excluding hydrogens is 432 g/mol. The summed E-state index contributed by atoms with van der Waals surface area (Å²) < 4.78 is 8.12. The highest BCUT2D eigenvalue weighted by Gasteiger charge is 2.24. The van der Waals surface area contributed by atoms with Gasteiger partial charge in [-0.15, -0.1) is 11.3 Å². The molecule has 0 radical (unpaired) electrons. The maximum atomic E-state index is 13.4. The molecule has 0 bridgehead atoms. The molecule has 1 amide bonds. The van der Waals surface area contributed by atoms with E-state index < -0.39 is 0 Å². The Labute approximate surface area is 188 Å². The zero-order chi connectivity index (χ0) is 21.4. The number of thiophene rings is 1. The lowest BCUT2D eigenvalue weighted by Gasteiger charge is -2.30. The third kappa shape index (κ3) is 4.23.